The summed E-state index contributed by atoms with van der Waals surface area (Å²) in [5.41, 5.74) is 1.32. The zero-order valence-corrected chi connectivity index (χ0v) is 25.1. The van der Waals surface area contributed by atoms with Gasteiger partial charge in [-0.1, -0.05) is 44.5 Å². The van der Waals surface area contributed by atoms with Crippen LogP contribution in [0.25, 0.3) is 0 Å². The largest absolute Gasteiger partial charge is 0.495 e. The lowest BCUT2D eigenvalue weighted by molar-refractivity contribution is -0.119. The van der Waals surface area contributed by atoms with Gasteiger partial charge in [-0.25, -0.2) is 8.42 Å². The van der Waals surface area contributed by atoms with Crippen molar-refractivity contribution in [3.63, 3.8) is 0 Å². The fraction of sp³-hybridized carbons (Fsp3) is 0.345. The molecule has 1 N–H and O–H groups in total. The fourth-order valence-corrected chi connectivity index (χ4v) is 5.46. The summed E-state index contributed by atoms with van der Waals surface area (Å²) in [4.78, 5) is 12.9. The summed E-state index contributed by atoms with van der Waals surface area (Å²) >= 11 is 6.20. The molecular formula is C29H35ClN2O7S. The molecule has 3 aromatic carbocycles. The lowest BCUT2D eigenvalue weighted by atomic mass is 9.87. The monoisotopic (exact) mass is 590 g/mol. The van der Waals surface area contributed by atoms with Gasteiger partial charge in [0.25, 0.3) is 10.0 Å². The fourth-order valence-electron chi connectivity index (χ4n) is 3.86. The van der Waals surface area contributed by atoms with Crippen LogP contribution in [-0.2, 0) is 20.2 Å². The van der Waals surface area contributed by atoms with Crippen molar-refractivity contribution in [2.75, 3.05) is 45.3 Å². The Kier molecular flexibility index (Phi) is 10.2. The minimum Gasteiger partial charge on any atom is -0.495 e. The molecule has 0 atom stereocenters. The number of sulfonamides is 1. The lowest BCUT2D eigenvalue weighted by Gasteiger charge is -2.26. The molecule has 0 fully saturated rings. The summed E-state index contributed by atoms with van der Waals surface area (Å²) in [6.45, 7) is 6.22. The van der Waals surface area contributed by atoms with Crippen LogP contribution in [0.2, 0.25) is 5.02 Å². The number of hydrogen-bond acceptors (Lipinski definition) is 7. The number of ether oxygens (including phenoxy) is 4. The number of carbonyl (C=O) groups is 1. The maximum Gasteiger partial charge on any atom is 0.265 e. The highest BCUT2D eigenvalue weighted by atomic mass is 35.5. The van der Waals surface area contributed by atoms with E-state index in [1.54, 1.807) is 6.07 Å². The third kappa shape index (κ3) is 7.51. The van der Waals surface area contributed by atoms with Gasteiger partial charge in [0.2, 0.25) is 5.91 Å². The lowest BCUT2D eigenvalue weighted by Crippen LogP contribution is -2.42. The van der Waals surface area contributed by atoms with Crippen LogP contribution in [0, 0.1) is 0 Å². The van der Waals surface area contributed by atoms with Crippen LogP contribution in [0.3, 0.4) is 0 Å². The highest BCUT2D eigenvalue weighted by molar-refractivity contribution is 7.92. The van der Waals surface area contributed by atoms with E-state index < -0.39 is 22.5 Å². The van der Waals surface area contributed by atoms with E-state index in [9.17, 15) is 13.2 Å². The Balaban J connectivity index is 1.79. The third-order valence-electron chi connectivity index (χ3n) is 6.05. The van der Waals surface area contributed by atoms with Crippen molar-refractivity contribution in [3.8, 4) is 23.0 Å². The van der Waals surface area contributed by atoms with Crippen molar-refractivity contribution in [2.45, 2.75) is 31.1 Å². The molecule has 11 heteroatoms. The molecule has 0 heterocycles. The van der Waals surface area contributed by atoms with Crippen LogP contribution in [0.4, 0.5) is 5.69 Å². The second kappa shape index (κ2) is 13.1. The van der Waals surface area contributed by atoms with Crippen molar-refractivity contribution >= 4 is 33.2 Å². The molecule has 0 aromatic heterocycles. The van der Waals surface area contributed by atoms with E-state index in [-0.39, 0.29) is 45.7 Å². The summed E-state index contributed by atoms with van der Waals surface area (Å²) in [7, 11) is -0.0249. The van der Waals surface area contributed by atoms with Crippen LogP contribution in [0.15, 0.2) is 65.6 Å². The topological polar surface area (TPSA) is 103 Å². The minimum atomic E-state index is -4.28. The summed E-state index contributed by atoms with van der Waals surface area (Å²) < 4.78 is 50.3. The maximum absolute atomic E-state index is 13.9. The Morgan fingerprint density at radius 2 is 1.50 bits per heavy atom. The number of hydrogen-bond donors (Lipinski definition) is 1. The highest BCUT2D eigenvalue weighted by Gasteiger charge is 2.30. The van der Waals surface area contributed by atoms with Gasteiger partial charge in [0.15, 0.2) is 11.5 Å². The van der Waals surface area contributed by atoms with Crippen molar-refractivity contribution in [3.05, 3.63) is 71.2 Å². The summed E-state index contributed by atoms with van der Waals surface area (Å²) in [6.07, 6.45) is 0. The SMILES string of the molecule is COc1ccc(S(=O)(=O)N(CC(=O)NCCOc2ccc(C(C)(C)C)cc2)c2cc(Cl)ccc2OC)cc1OC. The van der Waals surface area contributed by atoms with E-state index in [0.717, 1.165) is 4.31 Å². The van der Waals surface area contributed by atoms with Gasteiger partial charge in [-0.2, -0.15) is 0 Å². The van der Waals surface area contributed by atoms with E-state index in [0.29, 0.717) is 11.5 Å². The number of nitrogens with one attached hydrogen (secondary N) is 1. The molecule has 0 saturated heterocycles. The Labute approximate surface area is 241 Å². The van der Waals surface area contributed by atoms with Crippen molar-refractivity contribution in [2.24, 2.45) is 0 Å². The Bertz CT molecular complexity index is 1420. The number of anilines is 1. The average molecular weight is 591 g/mol. The van der Waals surface area contributed by atoms with E-state index in [4.69, 9.17) is 30.5 Å². The third-order valence-corrected chi connectivity index (χ3v) is 8.04. The zero-order chi connectivity index (χ0) is 29.5. The molecule has 0 aliphatic rings. The number of methoxy groups -OCH3 is 3. The zero-order valence-electron chi connectivity index (χ0n) is 23.5. The van der Waals surface area contributed by atoms with Crippen molar-refractivity contribution in [1.82, 2.24) is 5.32 Å². The maximum atomic E-state index is 13.9. The molecule has 3 rings (SSSR count). The van der Waals surface area contributed by atoms with Gasteiger partial charge in [-0.15, -0.1) is 0 Å². The van der Waals surface area contributed by atoms with E-state index in [2.05, 4.69) is 26.1 Å². The highest BCUT2D eigenvalue weighted by Crippen LogP contribution is 2.37. The number of halogens is 1. The molecule has 3 aromatic rings. The number of carbonyl (C=O) groups excluding carboxylic acids is 1. The first-order chi connectivity index (χ1) is 18.9. The van der Waals surface area contributed by atoms with E-state index >= 15 is 0 Å². The first-order valence-corrected chi connectivity index (χ1v) is 14.3. The molecule has 40 heavy (non-hydrogen) atoms. The number of rotatable bonds is 12. The van der Waals surface area contributed by atoms with Gasteiger partial charge < -0.3 is 24.3 Å². The smallest absolute Gasteiger partial charge is 0.265 e. The molecule has 0 radical (unpaired) electrons. The van der Waals surface area contributed by atoms with Crippen LogP contribution in [-0.4, -0.2) is 55.4 Å². The molecule has 0 spiro atoms. The first-order valence-electron chi connectivity index (χ1n) is 12.5. The molecule has 0 aliphatic carbocycles. The second-order valence-electron chi connectivity index (χ2n) is 9.82. The van der Waals surface area contributed by atoms with Crippen molar-refractivity contribution in [1.29, 1.82) is 0 Å². The molecule has 0 saturated carbocycles. The minimum absolute atomic E-state index is 0.0291. The van der Waals surface area contributed by atoms with Gasteiger partial charge in [0.05, 0.1) is 38.5 Å². The first kappa shape index (κ1) is 30.9. The molecule has 0 unspecified atom stereocenters. The quantitative estimate of drug-likeness (QED) is 0.294. The van der Waals surface area contributed by atoms with E-state index in [1.165, 1.54) is 57.2 Å². The Hall–Kier alpha value is -3.63. The van der Waals surface area contributed by atoms with Crippen LogP contribution >= 0.6 is 11.6 Å². The molecule has 216 valence electrons. The predicted octanol–water partition coefficient (Wildman–Crippen LogP) is 5.05. The molecule has 1 amide bonds. The number of amides is 1. The molecule has 9 nitrogen and oxygen atoms in total. The number of nitrogens with zero attached hydrogens (tertiary/aromatic N) is 1. The summed E-state index contributed by atoms with van der Waals surface area (Å²) in [5.74, 6) is 0.933. The standard InChI is InChI=1S/C29H35ClN2O7S/c1-29(2,3)20-7-10-22(11-8-20)39-16-15-31-28(33)19-32(24-17-21(30)9-13-25(24)36-4)40(34,35)23-12-14-26(37-5)27(18-23)38-6/h7-14,17-18H,15-16,19H2,1-6H3,(H,31,33). The summed E-state index contributed by atoms with van der Waals surface area (Å²) in [6, 6.07) is 16.5. The summed E-state index contributed by atoms with van der Waals surface area (Å²) in [5, 5.41) is 2.99. The van der Waals surface area contributed by atoms with Gasteiger partial charge in [0, 0.05) is 11.1 Å². The molecule has 0 aliphatic heterocycles. The number of benzene rings is 3. The molecule has 0 bridgehead atoms. The van der Waals surface area contributed by atoms with Gasteiger partial charge in [0.1, 0.15) is 24.7 Å². The van der Waals surface area contributed by atoms with Crippen molar-refractivity contribution < 1.29 is 32.2 Å². The van der Waals surface area contributed by atoms with Gasteiger partial charge in [-0.3, -0.25) is 9.10 Å². The van der Waals surface area contributed by atoms with Gasteiger partial charge >= 0.3 is 0 Å². The average Bonchev–Trinajstić information content (AvgIpc) is 2.93. The van der Waals surface area contributed by atoms with Crippen LogP contribution in [0.5, 0.6) is 23.0 Å². The van der Waals surface area contributed by atoms with Crippen LogP contribution < -0.4 is 28.6 Å². The van der Waals surface area contributed by atoms with Crippen LogP contribution in [0.1, 0.15) is 26.3 Å². The van der Waals surface area contributed by atoms with E-state index in [1.807, 2.05) is 24.3 Å². The normalized spacial score (nSPS) is 11.5. The Morgan fingerprint density at radius 3 is 2.10 bits per heavy atom. The predicted molar refractivity (Wildman–Crippen MR) is 156 cm³/mol. The Morgan fingerprint density at radius 1 is 0.875 bits per heavy atom. The van der Waals surface area contributed by atoms with Gasteiger partial charge in [-0.05, 0) is 53.4 Å². The molecular weight excluding hydrogens is 556 g/mol. The second-order valence-corrected chi connectivity index (χ2v) is 12.1.